The number of carbonyl (C=O) groups is 1. The molecule has 0 spiro atoms. The number of piperidine rings is 1. The summed E-state index contributed by atoms with van der Waals surface area (Å²) in [6, 6.07) is 3.89. The van der Waals surface area contributed by atoms with E-state index < -0.39 is 6.17 Å². The van der Waals surface area contributed by atoms with Gasteiger partial charge in [-0.2, -0.15) is 0 Å². The van der Waals surface area contributed by atoms with Gasteiger partial charge in [-0.1, -0.05) is 0 Å². The maximum absolute atomic E-state index is 13.7. The first kappa shape index (κ1) is 14.5. The van der Waals surface area contributed by atoms with Crippen LogP contribution in [0.1, 0.15) is 28.9 Å². The standard InChI is InChI=1S/C17H21FN4O/c1-20-9-7-13-15(17(20)23)12-5-6-14(19-16(12)21(13)2)22-8-3-4-11(18)10-22/h5-6,11H,3-4,7-10H2,1-2H3/t11-/m1/s1/i18-1. The van der Waals surface area contributed by atoms with Crippen LogP contribution in [-0.2, 0) is 13.5 Å². The molecule has 1 saturated heterocycles. The van der Waals surface area contributed by atoms with Crippen molar-refractivity contribution in [1.29, 1.82) is 0 Å². The molecule has 6 heteroatoms. The van der Waals surface area contributed by atoms with Crippen LogP contribution in [0.3, 0.4) is 0 Å². The zero-order valence-electron chi connectivity index (χ0n) is 13.5. The van der Waals surface area contributed by atoms with E-state index in [2.05, 4.69) is 0 Å². The summed E-state index contributed by atoms with van der Waals surface area (Å²) < 4.78 is 15.7. The number of pyridine rings is 1. The van der Waals surface area contributed by atoms with Crippen molar-refractivity contribution in [2.45, 2.75) is 25.4 Å². The van der Waals surface area contributed by atoms with Gasteiger partial charge in [0.15, 0.2) is 0 Å². The molecule has 0 saturated carbocycles. The van der Waals surface area contributed by atoms with Crippen molar-refractivity contribution >= 4 is 22.8 Å². The second kappa shape index (κ2) is 5.22. The number of likely N-dealkylation sites (N-methyl/N-ethyl adjacent to an activating group) is 1. The van der Waals surface area contributed by atoms with Gasteiger partial charge in [0.25, 0.3) is 5.91 Å². The van der Waals surface area contributed by atoms with Crippen molar-refractivity contribution in [3.8, 4) is 0 Å². The average molecular weight is 315 g/mol. The van der Waals surface area contributed by atoms with Gasteiger partial charge in [0.05, 0.1) is 12.1 Å². The van der Waals surface area contributed by atoms with Gasteiger partial charge in [-0.05, 0) is 25.0 Å². The summed E-state index contributed by atoms with van der Waals surface area (Å²) in [5.74, 6) is 0.867. The van der Waals surface area contributed by atoms with Gasteiger partial charge in [-0.15, -0.1) is 0 Å². The zero-order chi connectivity index (χ0) is 16.1. The Kier molecular flexibility index (Phi) is 3.28. The number of aromatic nitrogens is 2. The highest BCUT2D eigenvalue weighted by Crippen LogP contribution is 2.31. The van der Waals surface area contributed by atoms with Crippen molar-refractivity contribution in [3.05, 3.63) is 23.4 Å². The lowest BCUT2D eigenvalue weighted by Gasteiger charge is -2.30. The Morgan fingerprint density at radius 3 is 2.87 bits per heavy atom. The van der Waals surface area contributed by atoms with Crippen molar-refractivity contribution in [2.75, 3.05) is 31.6 Å². The third kappa shape index (κ3) is 2.19. The molecule has 1 fully saturated rings. The van der Waals surface area contributed by atoms with Gasteiger partial charge in [0.1, 0.15) is 17.6 Å². The average Bonchev–Trinajstić information content (AvgIpc) is 2.84. The summed E-state index contributed by atoms with van der Waals surface area (Å²) in [5, 5.41) is 0.900. The summed E-state index contributed by atoms with van der Waals surface area (Å²) in [6.45, 7) is 1.98. The molecule has 2 aromatic heterocycles. The Hall–Kier alpha value is -2.11. The van der Waals surface area contributed by atoms with Gasteiger partial charge in [-0.3, -0.25) is 4.79 Å². The Morgan fingerprint density at radius 1 is 1.26 bits per heavy atom. The molecule has 2 aliphatic rings. The lowest BCUT2D eigenvalue weighted by Crippen LogP contribution is -2.36. The van der Waals surface area contributed by atoms with Crippen LogP contribution in [0.2, 0.25) is 0 Å². The smallest absolute Gasteiger partial charge is 0.256 e. The van der Waals surface area contributed by atoms with Crippen molar-refractivity contribution in [3.63, 3.8) is 0 Å². The highest BCUT2D eigenvalue weighted by Gasteiger charge is 2.29. The van der Waals surface area contributed by atoms with Crippen molar-refractivity contribution < 1.29 is 9.18 Å². The largest absolute Gasteiger partial charge is 0.354 e. The highest BCUT2D eigenvalue weighted by molar-refractivity contribution is 6.08. The maximum atomic E-state index is 13.7. The van der Waals surface area contributed by atoms with E-state index in [-0.39, 0.29) is 5.91 Å². The van der Waals surface area contributed by atoms with E-state index in [0.717, 1.165) is 54.0 Å². The van der Waals surface area contributed by atoms with Crippen LogP contribution in [-0.4, -0.2) is 53.2 Å². The lowest BCUT2D eigenvalue weighted by atomic mass is 10.0. The maximum Gasteiger partial charge on any atom is 0.256 e. The fraction of sp³-hybridized carbons (Fsp3) is 0.529. The molecule has 4 rings (SSSR count). The fourth-order valence-electron chi connectivity index (χ4n) is 3.75. The summed E-state index contributed by atoms with van der Waals surface area (Å²) in [4.78, 5) is 21.0. The molecular formula is C17H21FN4O. The topological polar surface area (TPSA) is 41.4 Å². The van der Waals surface area contributed by atoms with E-state index in [1.807, 2.05) is 35.7 Å². The molecule has 2 aromatic rings. The minimum Gasteiger partial charge on any atom is -0.354 e. The lowest BCUT2D eigenvalue weighted by molar-refractivity contribution is 0.0781. The van der Waals surface area contributed by atoms with Crippen LogP contribution in [0.4, 0.5) is 10.2 Å². The van der Waals surface area contributed by atoms with Gasteiger partial charge in [0.2, 0.25) is 0 Å². The number of nitrogens with zero attached hydrogens (tertiary/aromatic N) is 4. The number of halogens is 1. The van der Waals surface area contributed by atoms with Gasteiger partial charge in [0, 0.05) is 44.7 Å². The van der Waals surface area contributed by atoms with Gasteiger partial charge < -0.3 is 14.4 Å². The number of amides is 1. The normalized spacial score (nSPS) is 21.9. The fourth-order valence-corrected chi connectivity index (χ4v) is 3.75. The first-order valence-corrected chi connectivity index (χ1v) is 8.19. The third-order valence-electron chi connectivity index (χ3n) is 5.07. The Balaban J connectivity index is 1.81. The Morgan fingerprint density at radius 2 is 2.09 bits per heavy atom. The van der Waals surface area contributed by atoms with Crippen molar-refractivity contribution in [1.82, 2.24) is 14.5 Å². The molecular weight excluding hydrogens is 294 g/mol. The van der Waals surface area contributed by atoms with E-state index in [0.29, 0.717) is 13.0 Å². The van der Waals surface area contributed by atoms with Crippen LogP contribution in [0.15, 0.2) is 12.1 Å². The van der Waals surface area contributed by atoms with E-state index in [1.54, 1.807) is 4.90 Å². The van der Waals surface area contributed by atoms with Crippen LogP contribution in [0.5, 0.6) is 0 Å². The molecule has 0 unspecified atom stereocenters. The van der Waals surface area contributed by atoms with Crippen molar-refractivity contribution in [2.24, 2.45) is 7.05 Å². The van der Waals surface area contributed by atoms with E-state index >= 15 is 0 Å². The van der Waals surface area contributed by atoms with Crippen LogP contribution >= 0.6 is 0 Å². The van der Waals surface area contributed by atoms with Gasteiger partial charge in [-0.25, -0.2) is 9.37 Å². The predicted octanol–water partition coefficient (Wildman–Crippen LogP) is 2.14. The summed E-state index contributed by atoms with van der Waals surface area (Å²) in [5.41, 5.74) is 2.64. The summed E-state index contributed by atoms with van der Waals surface area (Å²) in [7, 11) is 3.80. The molecule has 5 nitrogen and oxygen atoms in total. The second-order valence-electron chi connectivity index (χ2n) is 6.58. The summed E-state index contributed by atoms with van der Waals surface area (Å²) in [6.07, 6.45) is 1.56. The quantitative estimate of drug-likeness (QED) is 0.809. The number of alkyl halides is 1. The number of hydrogen-bond donors (Lipinski definition) is 0. The SMILES string of the molecule is CN1CCc2c(c3ccc(N4CCC[C@@H]([18F])C4)nc3n2C)C1=O. The molecule has 0 radical (unpaired) electrons. The molecule has 0 aromatic carbocycles. The predicted molar refractivity (Wildman–Crippen MR) is 87.7 cm³/mol. The molecule has 1 amide bonds. The minimum atomic E-state index is -0.780. The monoisotopic (exact) mass is 315 g/mol. The molecule has 23 heavy (non-hydrogen) atoms. The Labute approximate surface area is 134 Å². The first-order chi connectivity index (χ1) is 11.1. The molecule has 4 heterocycles. The second-order valence-corrected chi connectivity index (χ2v) is 6.58. The molecule has 0 bridgehead atoms. The van der Waals surface area contributed by atoms with Crippen LogP contribution in [0, 0.1) is 0 Å². The molecule has 122 valence electrons. The Bertz CT molecular complexity index is 784. The molecule has 1 atom stereocenters. The van der Waals surface area contributed by atoms with E-state index in [4.69, 9.17) is 4.98 Å². The summed E-state index contributed by atoms with van der Waals surface area (Å²) >= 11 is 0. The van der Waals surface area contributed by atoms with E-state index in [9.17, 15) is 9.18 Å². The number of anilines is 1. The highest BCUT2D eigenvalue weighted by atomic mass is 18.2. The van der Waals surface area contributed by atoms with E-state index in [1.165, 1.54) is 0 Å². The number of carbonyl (C=O) groups excluding carboxylic acids is 1. The van der Waals surface area contributed by atoms with Crippen LogP contribution in [0.25, 0.3) is 11.0 Å². The minimum absolute atomic E-state index is 0.0631. The molecule has 0 N–H and O–H groups in total. The third-order valence-corrected chi connectivity index (χ3v) is 5.07. The number of rotatable bonds is 1. The van der Waals surface area contributed by atoms with Crippen LogP contribution < -0.4 is 4.90 Å². The molecule has 2 aliphatic heterocycles. The first-order valence-electron chi connectivity index (χ1n) is 8.19. The number of fused-ring (bicyclic) bond motifs is 3. The number of hydrogen-bond acceptors (Lipinski definition) is 3. The van der Waals surface area contributed by atoms with Gasteiger partial charge >= 0.3 is 0 Å². The zero-order valence-corrected chi connectivity index (χ0v) is 13.5. The number of aryl methyl sites for hydroxylation is 1. The molecule has 0 aliphatic carbocycles.